The van der Waals surface area contributed by atoms with E-state index in [9.17, 15) is 13.2 Å². The molecule has 0 bridgehead atoms. The van der Waals surface area contributed by atoms with Gasteiger partial charge >= 0.3 is 0 Å². The van der Waals surface area contributed by atoms with Gasteiger partial charge in [-0.2, -0.15) is 0 Å². The van der Waals surface area contributed by atoms with Crippen molar-refractivity contribution in [3.63, 3.8) is 0 Å². The zero-order valence-electron chi connectivity index (χ0n) is 9.92. The molecule has 18 heavy (non-hydrogen) atoms. The Morgan fingerprint density at radius 3 is 2.39 bits per heavy atom. The summed E-state index contributed by atoms with van der Waals surface area (Å²) in [6, 6.07) is 0. The van der Waals surface area contributed by atoms with Gasteiger partial charge < -0.3 is 16.3 Å². The van der Waals surface area contributed by atoms with Crippen LogP contribution < -0.4 is 16.2 Å². The number of carbonyl (C=O) groups excluding carboxylic acids is 1. The number of primary sulfonamides is 1. The summed E-state index contributed by atoms with van der Waals surface area (Å²) < 4.78 is 21.5. The lowest BCUT2D eigenvalue weighted by Gasteiger charge is -2.25. The maximum atomic E-state index is 12.0. The Morgan fingerprint density at radius 1 is 1.39 bits per heavy atom. The lowest BCUT2D eigenvalue weighted by Crippen LogP contribution is -2.49. The SMILES string of the molecule is N/C(=N/O)C1(C(=O)NCCS(N)(=O)=O)CCCC1. The first-order valence-corrected chi connectivity index (χ1v) is 7.30. The fourth-order valence-corrected chi connectivity index (χ4v) is 2.54. The number of nitrogens with zero attached hydrogens (tertiary/aromatic N) is 1. The highest BCUT2D eigenvalue weighted by Gasteiger charge is 2.45. The molecule has 1 aliphatic carbocycles. The van der Waals surface area contributed by atoms with E-state index in [1.54, 1.807) is 0 Å². The van der Waals surface area contributed by atoms with Crippen molar-refractivity contribution in [2.75, 3.05) is 12.3 Å². The van der Waals surface area contributed by atoms with Crippen molar-refractivity contribution in [2.24, 2.45) is 21.4 Å². The van der Waals surface area contributed by atoms with Crippen molar-refractivity contribution in [3.05, 3.63) is 0 Å². The van der Waals surface area contributed by atoms with E-state index in [4.69, 9.17) is 16.1 Å². The number of sulfonamides is 1. The number of hydrogen-bond donors (Lipinski definition) is 4. The second kappa shape index (κ2) is 5.53. The van der Waals surface area contributed by atoms with Crippen molar-refractivity contribution < 1.29 is 18.4 Å². The van der Waals surface area contributed by atoms with Crippen molar-refractivity contribution >= 4 is 21.8 Å². The molecule has 0 unspecified atom stereocenters. The Balaban J connectivity index is 2.68. The smallest absolute Gasteiger partial charge is 0.233 e. The predicted octanol–water partition coefficient (Wildman–Crippen LogP) is -1.30. The van der Waals surface area contributed by atoms with E-state index in [-0.39, 0.29) is 18.1 Å². The summed E-state index contributed by atoms with van der Waals surface area (Å²) >= 11 is 0. The molecule has 0 radical (unpaired) electrons. The van der Waals surface area contributed by atoms with Crippen LogP contribution in [0, 0.1) is 5.41 Å². The van der Waals surface area contributed by atoms with Gasteiger partial charge in [0.15, 0.2) is 5.84 Å². The van der Waals surface area contributed by atoms with Crippen LogP contribution in [-0.2, 0) is 14.8 Å². The third-order valence-electron chi connectivity index (χ3n) is 3.16. The predicted molar refractivity (Wildman–Crippen MR) is 65.3 cm³/mol. The first kappa shape index (κ1) is 14.7. The fraction of sp³-hybridized carbons (Fsp3) is 0.778. The van der Waals surface area contributed by atoms with Crippen LogP contribution in [0.1, 0.15) is 25.7 Å². The third kappa shape index (κ3) is 3.33. The molecule has 0 aromatic heterocycles. The average molecular weight is 278 g/mol. The molecular formula is C9H18N4O4S. The summed E-state index contributed by atoms with van der Waals surface area (Å²) in [5.74, 6) is -0.891. The van der Waals surface area contributed by atoms with E-state index in [0.717, 1.165) is 12.8 Å². The number of amides is 1. The van der Waals surface area contributed by atoms with Gasteiger partial charge in [-0.3, -0.25) is 4.79 Å². The van der Waals surface area contributed by atoms with E-state index in [1.807, 2.05) is 0 Å². The van der Waals surface area contributed by atoms with Gasteiger partial charge in [0.2, 0.25) is 15.9 Å². The molecule has 1 saturated carbocycles. The van der Waals surface area contributed by atoms with E-state index in [2.05, 4.69) is 10.5 Å². The van der Waals surface area contributed by atoms with Crippen molar-refractivity contribution in [3.8, 4) is 0 Å². The second-order valence-electron chi connectivity index (χ2n) is 4.40. The molecule has 1 amide bonds. The number of nitrogens with two attached hydrogens (primary N) is 2. The minimum atomic E-state index is -3.61. The molecule has 0 heterocycles. The maximum Gasteiger partial charge on any atom is 0.233 e. The zero-order chi connectivity index (χ0) is 13.8. The number of hydrogen-bond acceptors (Lipinski definition) is 5. The maximum absolute atomic E-state index is 12.0. The highest BCUT2D eigenvalue weighted by atomic mass is 32.2. The molecule has 0 aromatic rings. The van der Waals surface area contributed by atoms with E-state index in [1.165, 1.54) is 0 Å². The third-order valence-corrected chi connectivity index (χ3v) is 3.94. The summed E-state index contributed by atoms with van der Waals surface area (Å²) in [5, 5.41) is 18.9. The lowest BCUT2D eigenvalue weighted by molar-refractivity contribution is -0.127. The van der Waals surface area contributed by atoms with Gasteiger partial charge in [0.25, 0.3) is 0 Å². The quantitative estimate of drug-likeness (QED) is 0.213. The molecule has 1 rings (SSSR count). The Morgan fingerprint density at radius 2 is 1.94 bits per heavy atom. The number of amidine groups is 1. The highest BCUT2D eigenvalue weighted by molar-refractivity contribution is 7.89. The minimum absolute atomic E-state index is 0.0852. The summed E-state index contributed by atoms with van der Waals surface area (Å²) in [6.45, 7) is -0.0852. The van der Waals surface area contributed by atoms with Gasteiger partial charge in [-0.15, -0.1) is 0 Å². The molecule has 0 aliphatic heterocycles. The van der Waals surface area contributed by atoms with E-state index in [0.29, 0.717) is 12.8 Å². The van der Waals surface area contributed by atoms with Crippen LogP contribution in [0.2, 0.25) is 0 Å². The summed E-state index contributed by atoms with van der Waals surface area (Å²) in [7, 11) is -3.61. The monoisotopic (exact) mass is 278 g/mol. The Labute approximate surface area is 105 Å². The largest absolute Gasteiger partial charge is 0.409 e. The first-order valence-electron chi connectivity index (χ1n) is 5.58. The van der Waals surface area contributed by atoms with Crippen LogP contribution in [0.25, 0.3) is 0 Å². The Hall–Kier alpha value is -1.35. The van der Waals surface area contributed by atoms with Gasteiger partial charge in [-0.25, -0.2) is 13.6 Å². The van der Waals surface area contributed by atoms with Crippen LogP contribution in [0.5, 0.6) is 0 Å². The van der Waals surface area contributed by atoms with Gasteiger partial charge in [0.05, 0.1) is 5.75 Å². The van der Waals surface area contributed by atoms with Crippen molar-refractivity contribution in [2.45, 2.75) is 25.7 Å². The number of nitrogens with one attached hydrogen (secondary N) is 1. The zero-order valence-corrected chi connectivity index (χ0v) is 10.7. The normalized spacial score (nSPS) is 19.7. The number of rotatable bonds is 5. The van der Waals surface area contributed by atoms with E-state index >= 15 is 0 Å². The summed E-state index contributed by atoms with van der Waals surface area (Å²) in [6.07, 6.45) is 2.59. The topological polar surface area (TPSA) is 148 Å². The molecular weight excluding hydrogens is 260 g/mol. The molecule has 0 spiro atoms. The fourth-order valence-electron chi connectivity index (χ4n) is 2.15. The standard InChI is InChI=1S/C9H18N4O4S/c10-7(13-15)9(3-1-2-4-9)8(14)12-5-6-18(11,16)17/h15H,1-6H2,(H2,10,13)(H,12,14)(H2,11,16,17). The van der Waals surface area contributed by atoms with Crippen LogP contribution in [0.3, 0.4) is 0 Å². The molecule has 8 nitrogen and oxygen atoms in total. The van der Waals surface area contributed by atoms with Gasteiger partial charge in [0.1, 0.15) is 5.41 Å². The molecule has 0 aromatic carbocycles. The summed E-state index contributed by atoms with van der Waals surface area (Å²) in [5.41, 5.74) is 4.55. The highest BCUT2D eigenvalue weighted by Crippen LogP contribution is 2.38. The second-order valence-corrected chi connectivity index (χ2v) is 6.13. The Bertz CT molecular complexity index is 439. The van der Waals surface area contributed by atoms with Crippen LogP contribution >= 0.6 is 0 Å². The molecule has 0 atom stereocenters. The van der Waals surface area contributed by atoms with Crippen LogP contribution in [0.15, 0.2) is 5.16 Å². The molecule has 6 N–H and O–H groups in total. The molecule has 9 heteroatoms. The minimum Gasteiger partial charge on any atom is -0.409 e. The van der Waals surface area contributed by atoms with Crippen molar-refractivity contribution in [1.29, 1.82) is 0 Å². The van der Waals surface area contributed by atoms with Gasteiger partial charge in [-0.1, -0.05) is 18.0 Å². The van der Waals surface area contributed by atoms with E-state index < -0.39 is 21.3 Å². The van der Waals surface area contributed by atoms with Crippen molar-refractivity contribution in [1.82, 2.24) is 5.32 Å². The molecule has 0 saturated heterocycles. The Kier molecular flexibility index (Phi) is 4.52. The first-order chi connectivity index (χ1) is 8.32. The van der Waals surface area contributed by atoms with Crippen LogP contribution in [0.4, 0.5) is 0 Å². The van der Waals surface area contributed by atoms with Gasteiger partial charge in [-0.05, 0) is 12.8 Å². The van der Waals surface area contributed by atoms with Crippen LogP contribution in [-0.4, -0.2) is 37.7 Å². The summed E-state index contributed by atoms with van der Waals surface area (Å²) in [4.78, 5) is 12.0. The number of oxime groups is 1. The molecule has 1 fully saturated rings. The molecule has 1 aliphatic rings. The lowest BCUT2D eigenvalue weighted by atomic mass is 9.84. The molecule has 104 valence electrons. The average Bonchev–Trinajstić information content (AvgIpc) is 2.76. The number of carbonyl (C=O) groups is 1. The van der Waals surface area contributed by atoms with Gasteiger partial charge in [0, 0.05) is 6.54 Å².